The molecule has 0 radical (unpaired) electrons. The van der Waals surface area contributed by atoms with Crippen molar-refractivity contribution in [1.82, 2.24) is 0 Å². The minimum atomic E-state index is 0. The molecule has 0 aromatic heterocycles. The normalized spacial score (nSPS) is 6.33. The Morgan fingerprint density at radius 3 is 1.25 bits per heavy atom. The van der Waals surface area contributed by atoms with Crippen molar-refractivity contribution in [2.24, 2.45) is 0 Å². The van der Waals surface area contributed by atoms with Gasteiger partial charge in [-0.15, -0.1) is 0 Å². The zero-order chi connectivity index (χ0) is 7.11. The largest absolute Gasteiger partial charge is 4.00 e. The Hall–Kier alpha value is 0.800. The van der Waals surface area contributed by atoms with Gasteiger partial charge in [0.1, 0.15) is 0 Å². The Morgan fingerprint density at radius 1 is 0.917 bits per heavy atom. The van der Waals surface area contributed by atoms with E-state index in [0.717, 1.165) is 0 Å². The van der Waals surface area contributed by atoms with Gasteiger partial charge in [-0.3, -0.25) is 0 Å². The Kier molecular flexibility index (Phi) is 34.1. The van der Waals surface area contributed by atoms with Crippen molar-refractivity contribution in [2.75, 3.05) is 0 Å². The van der Waals surface area contributed by atoms with E-state index in [2.05, 4.69) is 20.8 Å². The molecule has 68 valence electrons. The molecule has 1 rings (SSSR count). The van der Waals surface area contributed by atoms with Crippen LogP contribution in [0.3, 0.4) is 0 Å². The molecule has 0 saturated carbocycles. The summed E-state index contributed by atoms with van der Waals surface area (Å²) in [5.41, 5.74) is 0. The Balaban J connectivity index is -0.0000000436. The predicted molar refractivity (Wildman–Crippen MR) is 42.3 cm³/mol. The fourth-order valence-corrected chi connectivity index (χ4v) is 0.321. The van der Waals surface area contributed by atoms with E-state index in [-0.39, 0.29) is 50.7 Å². The molecule has 1 aromatic carbocycles. The van der Waals surface area contributed by atoms with Crippen LogP contribution in [-0.4, -0.2) is 0 Å². The average Bonchev–Trinajstić information content (AvgIpc) is 2.11. The first-order valence-corrected chi connectivity index (χ1v) is 3.17. The van der Waals surface area contributed by atoms with Crippen molar-refractivity contribution in [1.29, 1.82) is 0 Å². The fourth-order valence-electron chi connectivity index (χ4n) is 0.321. The first-order valence-electron chi connectivity index (χ1n) is 3.17. The maximum Gasteiger partial charge on any atom is 4.00 e. The van der Waals surface area contributed by atoms with Gasteiger partial charge in [-0.05, 0) is 0 Å². The summed E-state index contributed by atoms with van der Waals surface area (Å²) in [5.74, 6) is 1.42. The molecule has 0 aliphatic rings. The van der Waals surface area contributed by atoms with E-state index in [1.54, 1.807) is 0 Å². The second-order valence-corrected chi connectivity index (χ2v) is 2.46. The molecular weight excluding hydrogens is 357 g/mol. The molecule has 0 saturated heterocycles. The van der Waals surface area contributed by atoms with E-state index < -0.39 is 0 Å². The van der Waals surface area contributed by atoms with Gasteiger partial charge in [-0.25, -0.2) is 12.1 Å². The molecule has 0 aliphatic carbocycles. The van der Waals surface area contributed by atoms with Crippen LogP contribution in [0.2, 0.25) is 0 Å². The molecule has 0 heterocycles. The predicted octanol–water partition coefficient (Wildman–Crippen LogP) is -2.97. The summed E-state index contributed by atoms with van der Waals surface area (Å²) >= 11 is 0. The second-order valence-electron chi connectivity index (χ2n) is 2.46. The van der Waals surface area contributed by atoms with Crippen LogP contribution in [0.15, 0.2) is 30.3 Å². The van der Waals surface area contributed by atoms with Gasteiger partial charge in [-0.1, -0.05) is 0 Å². The molecule has 0 nitrogen and oxygen atoms in total. The standard InChI is InChI=1S/C5H5.C4H9.2ClH.Hf/c1-2-4-5-3-1;1-4(2)3;;;/h1-5H;1-3H3;2*1H;/q2*-1;;;+4/p-2. The molecular formula is C9H14Cl2Hf. The summed E-state index contributed by atoms with van der Waals surface area (Å²) in [4.78, 5) is 0. The molecule has 0 atom stereocenters. The third kappa shape index (κ3) is 30.8. The Morgan fingerprint density at radius 2 is 1.17 bits per heavy atom. The maximum atomic E-state index is 2.08. The first-order chi connectivity index (χ1) is 4.23. The summed E-state index contributed by atoms with van der Waals surface area (Å²) < 4.78 is 0. The molecule has 0 N–H and O–H groups in total. The summed E-state index contributed by atoms with van der Waals surface area (Å²) in [5, 5.41) is 0. The smallest absolute Gasteiger partial charge is 1.00 e. The Bertz CT molecular complexity index is 96.1. The van der Waals surface area contributed by atoms with E-state index in [0.29, 0.717) is 0 Å². The molecule has 0 aliphatic heterocycles. The van der Waals surface area contributed by atoms with Crippen LogP contribution < -0.4 is 24.8 Å². The van der Waals surface area contributed by atoms with Gasteiger partial charge >= 0.3 is 25.8 Å². The van der Waals surface area contributed by atoms with Crippen LogP contribution >= 0.6 is 0 Å². The summed E-state index contributed by atoms with van der Waals surface area (Å²) in [6.45, 7) is 6.25. The van der Waals surface area contributed by atoms with Gasteiger partial charge in [0.25, 0.3) is 0 Å². The van der Waals surface area contributed by atoms with Crippen molar-refractivity contribution in [3.05, 3.63) is 36.2 Å². The van der Waals surface area contributed by atoms with Gasteiger partial charge in [0.15, 0.2) is 0 Å². The van der Waals surface area contributed by atoms with Crippen LogP contribution in [-0.2, 0) is 25.8 Å². The third-order valence-electron chi connectivity index (χ3n) is 0.556. The van der Waals surface area contributed by atoms with Crippen LogP contribution in [0.4, 0.5) is 0 Å². The van der Waals surface area contributed by atoms with Gasteiger partial charge in [-0.2, -0.15) is 39.0 Å². The number of rotatable bonds is 0. The van der Waals surface area contributed by atoms with Crippen molar-refractivity contribution < 1.29 is 50.7 Å². The average molecular weight is 372 g/mol. The van der Waals surface area contributed by atoms with Gasteiger partial charge in [0.2, 0.25) is 0 Å². The maximum absolute atomic E-state index is 2.08. The number of hydrogen-bond donors (Lipinski definition) is 0. The minimum Gasteiger partial charge on any atom is -1.00 e. The van der Waals surface area contributed by atoms with Crippen LogP contribution in [0.25, 0.3) is 0 Å². The van der Waals surface area contributed by atoms with Gasteiger partial charge in [0, 0.05) is 0 Å². The van der Waals surface area contributed by atoms with Gasteiger partial charge < -0.3 is 30.7 Å². The topological polar surface area (TPSA) is 0 Å². The zero-order valence-corrected chi connectivity index (χ0v) is 12.7. The van der Waals surface area contributed by atoms with Crippen molar-refractivity contribution >= 4 is 0 Å². The third-order valence-corrected chi connectivity index (χ3v) is 0.556. The quantitative estimate of drug-likeness (QED) is 0.338. The van der Waals surface area contributed by atoms with E-state index in [9.17, 15) is 0 Å². The zero-order valence-electron chi connectivity index (χ0n) is 7.64. The Labute approximate surface area is 107 Å². The molecule has 1 aromatic rings. The van der Waals surface area contributed by atoms with Crippen LogP contribution in [0.1, 0.15) is 20.8 Å². The SMILES string of the molecule is C[C-](C)C.[Cl-].[Cl-].[Hf+4].c1cc[cH-]c1. The molecule has 3 heteroatoms. The monoisotopic (exact) mass is 372 g/mol. The summed E-state index contributed by atoms with van der Waals surface area (Å²) in [7, 11) is 0. The minimum absolute atomic E-state index is 0. The molecule has 0 bridgehead atoms. The van der Waals surface area contributed by atoms with E-state index >= 15 is 0 Å². The molecule has 12 heavy (non-hydrogen) atoms. The van der Waals surface area contributed by atoms with Crippen LogP contribution in [0.5, 0.6) is 0 Å². The van der Waals surface area contributed by atoms with Crippen molar-refractivity contribution in [3.8, 4) is 0 Å². The molecule has 0 amide bonds. The number of hydrogen-bond acceptors (Lipinski definition) is 0. The molecule has 0 spiro atoms. The first kappa shape index (κ1) is 23.0. The fraction of sp³-hybridized carbons (Fsp3) is 0.333. The summed E-state index contributed by atoms with van der Waals surface area (Å²) in [6, 6.07) is 10.0. The molecule has 0 unspecified atom stereocenters. The van der Waals surface area contributed by atoms with Crippen LogP contribution in [0, 0.1) is 5.92 Å². The molecule has 0 fully saturated rings. The van der Waals surface area contributed by atoms with Gasteiger partial charge in [0.05, 0.1) is 0 Å². The van der Waals surface area contributed by atoms with E-state index in [1.807, 2.05) is 30.3 Å². The van der Waals surface area contributed by atoms with Crippen molar-refractivity contribution in [3.63, 3.8) is 0 Å². The summed E-state index contributed by atoms with van der Waals surface area (Å²) in [6.07, 6.45) is 0. The van der Waals surface area contributed by atoms with E-state index in [1.165, 1.54) is 5.92 Å². The van der Waals surface area contributed by atoms with Crippen molar-refractivity contribution in [2.45, 2.75) is 20.8 Å². The second kappa shape index (κ2) is 17.8. The number of halogens is 2. The van der Waals surface area contributed by atoms with E-state index in [4.69, 9.17) is 0 Å².